The van der Waals surface area contributed by atoms with Crippen LogP contribution in [-0.2, 0) is 9.53 Å². The Hall–Kier alpha value is -1.40. The van der Waals surface area contributed by atoms with Crippen LogP contribution in [0.1, 0.15) is 24.1 Å². The van der Waals surface area contributed by atoms with Gasteiger partial charge in [0.2, 0.25) is 11.8 Å². The van der Waals surface area contributed by atoms with E-state index in [9.17, 15) is 4.79 Å². The van der Waals surface area contributed by atoms with E-state index in [4.69, 9.17) is 15.0 Å². The number of hydrogen-bond donors (Lipinski definition) is 2. The van der Waals surface area contributed by atoms with E-state index in [1.54, 1.807) is 0 Å². The molecule has 0 radical (unpaired) electrons. The van der Waals surface area contributed by atoms with Gasteiger partial charge in [-0.3, -0.25) is 10.1 Å². The van der Waals surface area contributed by atoms with Gasteiger partial charge in [0.15, 0.2) is 0 Å². The van der Waals surface area contributed by atoms with Gasteiger partial charge in [0, 0.05) is 18.8 Å². The monoisotopic (exact) mass is 239 g/mol. The lowest BCUT2D eigenvalue weighted by molar-refractivity contribution is -0.124. The minimum Gasteiger partial charge on any atom is -0.381 e. The van der Waals surface area contributed by atoms with Crippen molar-refractivity contribution in [2.75, 3.05) is 18.5 Å². The highest BCUT2D eigenvalue weighted by Crippen LogP contribution is 2.22. The molecule has 17 heavy (non-hydrogen) atoms. The topological polar surface area (TPSA) is 90.4 Å². The van der Waals surface area contributed by atoms with Crippen LogP contribution in [0.25, 0.3) is 0 Å². The number of nitrogens with zero attached hydrogens (tertiary/aromatic N) is 1. The Morgan fingerprint density at radius 2 is 2.06 bits per heavy atom. The van der Waals surface area contributed by atoms with Crippen LogP contribution in [0.15, 0.2) is 4.52 Å². The molecule has 1 aliphatic rings. The number of ether oxygens (including phenoxy) is 1. The van der Waals surface area contributed by atoms with Crippen molar-refractivity contribution in [3.05, 3.63) is 11.3 Å². The van der Waals surface area contributed by atoms with Crippen LogP contribution in [0.5, 0.6) is 0 Å². The number of amides is 1. The summed E-state index contributed by atoms with van der Waals surface area (Å²) in [6, 6.07) is 0. The molecular formula is C11H17N3O3. The molecular weight excluding hydrogens is 222 g/mol. The van der Waals surface area contributed by atoms with Gasteiger partial charge < -0.3 is 15.0 Å². The molecule has 1 aliphatic heterocycles. The van der Waals surface area contributed by atoms with Crippen molar-refractivity contribution in [1.82, 2.24) is 5.16 Å². The number of hydrogen-bond acceptors (Lipinski definition) is 5. The van der Waals surface area contributed by atoms with E-state index >= 15 is 0 Å². The van der Waals surface area contributed by atoms with E-state index < -0.39 is 5.54 Å². The molecule has 6 heteroatoms. The molecule has 1 saturated heterocycles. The third-order valence-corrected chi connectivity index (χ3v) is 3.22. The SMILES string of the molecule is Cc1noc(NC(=O)C2(N)CCOCC2)c1C. The second kappa shape index (κ2) is 4.46. The molecule has 0 aromatic carbocycles. The Kier molecular flexibility index (Phi) is 3.17. The zero-order valence-corrected chi connectivity index (χ0v) is 10.1. The Balaban J connectivity index is 2.08. The van der Waals surface area contributed by atoms with E-state index in [-0.39, 0.29) is 5.91 Å². The highest BCUT2D eigenvalue weighted by atomic mass is 16.5. The summed E-state index contributed by atoms with van der Waals surface area (Å²) in [7, 11) is 0. The first kappa shape index (κ1) is 12.1. The van der Waals surface area contributed by atoms with Crippen molar-refractivity contribution in [1.29, 1.82) is 0 Å². The lowest BCUT2D eigenvalue weighted by atomic mass is 9.90. The third kappa shape index (κ3) is 2.32. The molecule has 0 saturated carbocycles. The third-order valence-electron chi connectivity index (χ3n) is 3.22. The van der Waals surface area contributed by atoms with Gasteiger partial charge in [-0.1, -0.05) is 5.16 Å². The average molecular weight is 239 g/mol. The molecule has 0 aliphatic carbocycles. The van der Waals surface area contributed by atoms with Crippen LogP contribution < -0.4 is 11.1 Å². The van der Waals surface area contributed by atoms with Gasteiger partial charge in [0.25, 0.3) is 0 Å². The summed E-state index contributed by atoms with van der Waals surface area (Å²) in [6.07, 6.45) is 1.04. The number of rotatable bonds is 2. The lowest BCUT2D eigenvalue weighted by Gasteiger charge is -2.31. The van der Waals surface area contributed by atoms with E-state index in [1.807, 2.05) is 13.8 Å². The highest BCUT2D eigenvalue weighted by molar-refractivity contribution is 5.97. The number of nitrogens with two attached hydrogens (primary N) is 1. The summed E-state index contributed by atoms with van der Waals surface area (Å²) < 4.78 is 10.2. The predicted octanol–water partition coefficient (Wildman–Crippen LogP) is 0.738. The largest absolute Gasteiger partial charge is 0.381 e. The molecule has 1 aromatic heterocycles. The van der Waals surface area contributed by atoms with E-state index in [2.05, 4.69) is 10.5 Å². The minimum atomic E-state index is -0.870. The molecule has 1 aromatic rings. The number of aryl methyl sites for hydroxylation is 1. The zero-order valence-electron chi connectivity index (χ0n) is 10.1. The summed E-state index contributed by atoms with van der Waals surface area (Å²) in [5.41, 5.74) is 6.77. The Labute approximate surface area is 99.5 Å². The van der Waals surface area contributed by atoms with Gasteiger partial charge in [-0.2, -0.15) is 0 Å². The average Bonchev–Trinajstić information content (AvgIpc) is 2.62. The summed E-state index contributed by atoms with van der Waals surface area (Å²) in [4.78, 5) is 12.1. The number of anilines is 1. The zero-order chi connectivity index (χ0) is 12.5. The van der Waals surface area contributed by atoms with E-state index in [1.165, 1.54) is 0 Å². The highest BCUT2D eigenvalue weighted by Gasteiger charge is 2.36. The van der Waals surface area contributed by atoms with Gasteiger partial charge in [-0.25, -0.2) is 0 Å². The van der Waals surface area contributed by atoms with Gasteiger partial charge >= 0.3 is 0 Å². The summed E-state index contributed by atoms with van der Waals surface area (Å²) in [5.74, 6) is 0.142. The van der Waals surface area contributed by atoms with Gasteiger partial charge in [-0.05, 0) is 26.7 Å². The lowest BCUT2D eigenvalue weighted by Crippen LogP contribution is -2.54. The molecule has 0 atom stereocenters. The molecule has 0 spiro atoms. The first-order valence-electron chi connectivity index (χ1n) is 5.64. The fraction of sp³-hybridized carbons (Fsp3) is 0.636. The molecule has 0 bridgehead atoms. The van der Waals surface area contributed by atoms with Gasteiger partial charge in [-0.15, -0.1) is 0 Å². The molecule has 3 N–H and O–H groups in total. The fourth-order valence-corrected chi connectivity index (χ4v) is 1.72. The second-order valence-electron chi connectivity index (χ2n) is 4.44. The van der Waals surface area contributed by atoms with Crippen molar-refractivity contribution >= 4 is 11.8 Å². The molecule has 1 amide bonds. The first-order chi connectivity index (χ1) is 8.03. The van der Waals surface area contributed by atoms with E-state index in [0.717, 1.165) is 11.3 Å². The van der Waals surface area contributed by atoms with Crippen molar-refractivity contribution < 1.29 is 14.1 Å². The first-order valence-corrected chi connectivity index (χ1v) is 5.64. The molecule has 1 fully saturated rings. The van der Waals surface area contributed by atoms with Gasteiger partial charge in [0.05, 0.1) is 5.69 Å². The van der Waals surface area contributed by atoms with Crippen molar-refractivity contribution in [3.63, 3.8) is 0 Å². The Bertz CT molecular complexity index is 422. The normalized spacial score (nSPS) is 19.0. The van der Waals surface area contributed by atoms with Crippen molar-refractivity contribution in [3.8, 4) is 0 Å². The van der Waals surface area contributed by atoms with Crippen molar-refractivity contribution in [2.45, 2.75) is 32.2 Å². The van der Waals surface area contributed by atoms with Crippen LogP contribution in [0.4, 0.5) is 5.88 Å². The number of aromatic nitrogens is 1. The molecule has 6 nitrogen and oxygen atoms in total. The number of carbonyl (C=O) groups is 1. The smallest absolute Gasteiger partial charge is 0.247 e. The molecule has 94 valence electrons. The maximum atomic E-state index is 12.1. The van der Waals surface area contributed by atoms with Gasteiger partial charge in [0.1, 0.15) is 5.54 Å². The van der Waals surface area contributed by atoms with Crippen LogP contribution in [0.3, 0.4) is 0 Å². The van der Waals surface area contributed by atoms with Crippen LogP contribution in [-0.4, -0.2) is 29.8 Å². The van der Waals surface area contributed by atoms with Crippen LogP contribution in [0.2, 0.25) is 0 Å². The summed E-state index contributed by atoms with van der Waals surface area (Å²) in [5, 5.41) is 6.47. The number of carbonyl (C=O) groups excluding carboxylic acids is 1. The summed E-state index contributed by atoms with van der Waals surface area (Å²) in [6.45, 7) is 4.69. The van der Waals surface area contributed by atoms with Crippen LogP contribution in [0, 0.1) is 13.8 Å². The molecule has 2 heterocycles. The van der Waals surface area contributed by atoms with E-state index in [0.29, 0.717) is 31.9 Å². The quantitative estimate of drug-likeness (QED) is 0.794. The predicted molar refractivity (Wildman–Crippen MR) is 61.6 cm³/mol. The second-order valence-corrected chi connectivity index (χ2v) is 4.44. The minimum absolute atomic E-state index is 0.236. The fourth-order valence-electron chi connectivity index (χ4n) is 1.72. The summed E-state index contributed by atoms with van der Waals surface area (Å²) >= 11 is 0. The number of nitrogens with one attached hydrogen (secondary N) is 1. The van der Waals surface area contributed by atoms with Crippen LogP contribution >= 0.6 is 0 Å². The molecule has 2 rings (SSSR count). The molecule has 0 unspecified atom stereocenters. The maximum Gasteiger partial charge on any atom is 0.247 e. The Morgan fingerprint density at radius 3 is 2.59 bits per heavy atom. The Morgan fingerprint density at radius 1 is 1.41 bits per heavy atom. The standard InChI is InChI=1S/C11H17N3O3/c1-7-8(2)14-17-9(7)13-10(15)11(12)3-5-16-6-4-11/h3-6,12H2,1-2H3,(H,13,15). The maximum absolute atomic E-state index is 12.1. The van der Waals surface area contributed by atoms with Crippen molar-refractivity contribution in [2.24, 2.45) is 5.73 Å².